The Morgan fingerprint density at radius 2 is 1.79 bits per heavy atom. The standard InChI is InChI=1S/C20H27N3O3S2/c1-2-21(15-19-9-6-14-27-19)16-20(24)22-10-12-23(13-11-22)28(25,26)17-18-7-4-3-5-8-18/h3-9,14H,2,10-13,15-17H2,1H3. The second-order valence-electron chi connectivity index (χ2n) is 6.90. The number of likely N-dealkylation sites (N-methyl/N-ethyl adjacent to an activating group) is 1. The van der Waals surface area contributed by atoms with Crippen LogP contribution in [0.1, 0.15) is 17.4 Å². The van der Waals surface area contributed by atoms with Crippen LogP contribution < -0.4 is 0 Å². The third-order valence-corrected chi connectivity index (χ3v) is 7.65. The summed E-state index contributed by atoms with van der Waals surface area (Å²) in [5.74, 6) is 0.0742. The van der Waals surface area contributed by atoms with Crippen molar-refractivity contribution in [1.29, 1.82) is 0 Å². The fourth-order valence-corrected chi connectivity index (χ4v) is 5.55. The molecule has 0 spiro atoms. The van der Waals surface area contributed by atoms with Crippen molar-refractivity contribution in [3.8, 4) is 0 Å². The zero-order chi connectivity index (χ0) is 20.0. The van der Waals surface area contributed by atoms with Gasteiger partial charge in [0.05, 0.1) is 12.3 Å². The van der Waals surface area contributed by atoms with E-state index in [1.807, 2.05) is 41.8 Å². The van der Waals surface area contributed by atoms with Crippen molar-refractivity contribution in [2.24, 2.45) is 0 Å². The summed E-state index contributed by atoms with van der Waals surface area (Å²) in [6.07, 6.45) is 0. The highest BCUT2D eigenvalue weighted by Gasteiger charge is 2.29. The molecule has 0 radical (unpaired) electrons. The Morgan fingerprint density at radius 3 is 2.39 bits per heavy atom. The van der Waals surface area contributed by atoms with Gasteiger partial charge in [-0.05, 0) is 23.6 Å². The summed E-state index contributed by atoms with van der Waals surface area (Å²) in [6.45, 7) is 5.60. The van der Waals surface area contributed by atoms with Crippen LogP contribution in [0.4, 0.5) is 0 Å². The summed E-state index contributed by atoms with van der Waals surface area (Å²) in [7, 11) is -3.36. The summed E-state index contributed by atoms with van der Waals surface area (Å²) in [5, 5.41) is 2.04. The minimum Gasteiger partial charge on any atom is -0.339 e. The first-order valence-electron chi connectivity index (χ1n) is 9.52. The van der Waals surface area contributed by atoms with Crippen molar-refractivity contribution < 1.29 is 13.2 Å². The summed E-state index contributed by atoms with van der Waals surface area (Å²) in [6, 6.07) is 13.3. The molecule has 1 fully saturated rings. The van der Waals surface area contributed by atoms with Crippen molar-refractivity contribution in [2.75, 3.05) is 39.3 Å². The molecule has 1 aliphatic rings. The minimum absolute atomic E-state index is 0.00616. The minimum atomic E-state index is -3.36. The number of piperazine rings is 1. The molecule has 1 amide bonds. The molecule has 0 atom stereocenters. The number of sulfonamides is 1. The molecule has 6 nitrogen and oxygen atoms in total. The van der Waals surface area contributed by atoms with E-state index < -0.39 is 10.0 Å². The van der Waals surface area contributed by atoms with E-state index in [0.29, 0.717) is 32.7 Å². The molecule has 0 N–H and O–H groups in total. The summed E-state index contributed by atoms with van der Waals surface area (Å²) in [4.78, 5) is 17.8. The van der Waals surface area contributed by atoms with E-state index in [1.54, 1.807) is 16.2 Å². The van der Waals surface area contributed by atoms with Crippen LogP contribution in [0.15, 0.2) is 47.8 Å². The van der Waals surface area contributed by atoms with Gasteiger partial charge in [-0.15, -0.1) is 11.3 Å². The maximum absolute atomic E-state index is 12.7. The summed E-state index contributed by atoms with van der Waals surface area (Å²) < 4.78 is 26.8. The third-order valence-electron chi connectivity index (χ3n) is 4.94. The molecule has 152 valence electrons. The first kappa shape index (κ1) is 21.0. The number of hydrogen-bond donors (Lipinski definition) is 0. The zero-order valence-electron chi connectivity index (χ0n) is 16.2. The number of nitrogens with zero attached hydrogens (tertiary/aromatic N) is 3. The van der Waals surface area contributed by atoms with Crippen molar-refractivity contribution >= 4 is 27.3 Å². The maximum atomic E-state index is 12.7. The maximum Gasteiger partial charge on any atom is 0.236 e. The average Bonchev–Trinajstić information content (AvgIpc) is 3.21. The Labute approximate surface area is 171 Å². The normalized spacial score (nSPS) is 15.9. The summed E-state index contributed by atoms with van der Waals surface area (Å²) >= 11 is 1.69. The number of carbonyl (C=O) groups is 1. The predicted octanol–water partition coefficient (Wildman–Crippen LogP) is 2.24. The fraction of sp³-hybridized carbons (Fsp3) is 0.450. The number of benzene rings is 1. The molecule has 0 unspecified atom stereocenters. The third kappa shape index (κ3) is 5.64. The second-order valence-corrected chi connectivity index (χ2v) is 9.91. The molecule has 1 aliphatic heterocycles. The molecule has 0 saturated carbocycles. The molecule has 1 aromatic heterocycles. The van der Waals surface area contributed by atoms with Gasteiger partial charge in [-0.1, -0.05) is 43.3 Å². The van der Waals surface area contributed by atoms with Crippen LogP contribution in [0.2, 0.25) is 0 Å². The van der Waals surface area contributed by atoms with Gasteiger partial charge in [-0.25, -0.2) is 8.42 Å². The SMILES string of the molecule is CCN(CC(=O)N1CCN(S(=O)(=O)Cc2ccccc2)CC1)Cc1cccs1. The Kier molecular flexibility index (Phi) is 7.23. The smallest absolute Gasteiger partial charge is 0.236 e. The predicted molar refractivity (Wildman–Crippen MR) is 112 cm³/mol. The molecule has 1 aromatic carbocycles. The number of amides is 1. The number of hydrogen-bond acceptors (Lipinski definition) is 5. The molecule has 28 heavy (non-hydrogen) atoms. The molecule has 0 bridgehead atoms. The Bertz CT molecular complexity index is 846. The molecule has 0 aliphatic carbocycles. The van der Waals surface area contributed by atoms with Crippen molar-refractivity contribution in [3.05, 3.63) is 58.3 Å². The number of thiophene rings is 1. The fourth-order valence-electron chi connectivity index (χ4n) is 3.29. The molecular weight excluding hydrogens is 394 g/mol. The van der Waals surface area contributed by atoms with E-state index >= 15 is 0 Å². The Hall–Kier alpha value is -1.74. The van der Waals surface area contributed by atoms with Gasteiger partial charge in [-0.3, -0.25) is 9.69 Å². The van der Waals surface area contributed by atoms with E-state index in [1.165, 1.54) is 9.18 Å². The lowest BCUT2D eigenvalue weighted by Crippen LogP contribution is -2.52. The summed E-state index contributed by atoms with van der Waals surface area (Å²) in [5.41, 5.74) is 0.785. The van der Waals surface area contributed by atoms with Crippen LogP contribution in [-0.4, -0.2) is 67.7 Å². The van der Waals surface area contributed by atoms with Gasteiger partial charge < -0.3 is 4.90 Å². The van der Waals surface area contributed by atoms with E-state index in [-0.39, 0.29) is 11.7 Å². The van der Waals surface area contributed by atoms with Crippen LogP contribution in [0.25, 0.3) is 0 Å². The van der Waals surface area contributed by atoms with Crippen LogP contribution in [0.5, 0.6) is 0 Å². The highest BCUT2D eigenvalue weighted by molar-refractivity contribution is 7.88. The molecule has 2 aromatic rings. The topological polar surface area (TPSA) is 60.9 Å². The Morgan fingerprint density at radius 1 is 1.07 bits per heavy atom. The Balaban J connectivity index is 1.50. The van der Waals surface area contributed by atoms with E-state index in [0.717, 1.165) is 18.7 Å². The monoisotopic (exact) mass is 421 g/mol. The highest BCUT2D eigenvalue weighted by atomic mass is 32.2. The van der Waals surface area contributed by atoms with Gasteiger partial charge in [0.15, 0.2) is 0 Å². The van der Waals surface area contributed by atoms with E-state index in [2.05, 4.69) is 17.9 Å². The van der Waals surface area contributed by atoms with Crippen LogP contribution in [-0.2, 0) is 27.1 Å². The van der Waals surface area contributed by atoms with E-state index in [4.69, 9.17) is 0 Å². The highest BCUT2D eigenvalue weighted by Crippen LogP contribution is 2.15. The molecule has 8 heteroatoms. The number of carbonyl (C=O) groups excluding carboxylic acids is 1. The van der Waals surface area contributed by atoms with Crippen LogP contribution in [0, 0.1) is 0 Å². The first-order chi connectivity index (χ1) is 13.5. The quantitative estimate of drug-likeness (QED) is 0.656. The first-order valence-corrected chi connectivity index (χ1v) is 12.0. The lowest BCUT2D eigenvalue weighted by atomic mass is 10.2. The lowest BCUT2D eigenvalue weighted by Gasteiger charge is -2.35. The zero-order valence-corrected chi connectivity index (χ0v) is 17.8. The molecular formula is C20H27N3O3S2. The van der Waals surface area contributed by atoms with Crippen molar-refractivity contribution in [3.63, 3.8) is 0 Å². The van der Waals surface area contributed by atoms with Gasteiger partial charge in [0, 0.05) is 37.6 Å². The van der Waals surface area contributed by atoms with Crippen molar-refractivity contribution in [2.45, 2.75) is 19.2 Å². The average molecular weight is 422 g/mol. The van der Waals surface area contributed by atoms with Crippen LogP contribution in [0.3, 0.4) is 0 Å². The van der Waals surface area contributed by atoms with Gasteiger partial charge in [0.25, 0.3) is 0 Å². The molecule has 3 rings (SSSR count). The van der Waals surface area contributed by atoms with Gasteiger partial charge in [-0.2, -0.15) is 4.31 Å². The van der Waals surface area contributed by atoms with Gasteiger partial charge in [0.1, 0.15) is 0 Å². The van der Waals surface area contributed by atoms with Crippen molar-refractivity contribution in [1.82, 2.24) is 14.1 Å². The van der Waals surface area contributed by atoms with Crippen LogP contribution >= 0.6 is 11.3 Å². The van der Waals surface area contributed by atoms with Gasteiger partial charge in [0.2, 0.25) is 15.9 Å². The molecule has 2 heterocycles. The molecule has 1 saturated heterocycles. The second kappa shape index (κ2) is 9.65. The van der Waals surface area contributed by atoms with Gasteiger partial charge >= 0.3 is 0 Å². The number of rotatable bonds is 8. The van der Waals surface area contributed by atoms with E-state index in [9.17, 15) is 13.2 Å². The lowest BCUT2D eigenvalue weighted by molar-refractivity contribution is -0.133. The largest absolute Gasteiger partial charge is 0.339 e.